The molecule has 2 rings (SSSR count). The number of ketones is 1. The zero-order valence-corrected chi connectivity index (χ0v) is 9.37. The molecule has 0 saturated carbocycles. The lowest BCUT2D eigenvalue weighted by Crippen LogP contribution is -2.32. The minimum Gasteiger partial charge on any atom is -0.475 e. The molecule has 0 radical (unpaired) electrons. The number of carbonyl (C=O) groups is 2. The lowest BCUT2D eigenvalue weighted by atomic mass is 10.00. The topological polar surface area (TPSA) is 64.6 Å². The van der Waals surface area contributed by atoms with Crippen LogP contribution < -0.4 is 14.8 Å². The predicted octanol–water partition coefficient (Wildman–Crippen LogP) is 1.76. The van der Waals surface area contributed by atoms with Crippen molar-refractivity contribution in [2.24, 2.45) is 0 Å². The quantitative estimate of drug-likeness (QED) is 0.809. The Labute approximate surface area is 103 Å². The highest BCUT2D eigenvalue weighted by Crippen LogP contribution is 2.41. The maximum atomic E-state index is 12.0. The minimum atomic E-state index is -2.65. The van der Waals surface area contributed by atoms with E-state index in [-0.39, 0.29) is 17.3 Å². The third-order valence-corrected chi connectivity index (χ3v) is 2.43. The maximum absolute atomic E-state index is 12.0. The first kappa shape index (κ1) is 8.11. The number of ether oxygens (including phenoxy) is 2. The van der Waals surface area contributed by atoms with Crippen molar-refractivity contribution in [1.82, 2.24) is 5.32 Å². The van der Waals surface area contributed by atoms with Gasteiger partial charge in [0.15, 0.2) is 17.1 Å². The van der Waals surface area contributed by atoms with Gasteiger partial charge in [-0.2, -0.15) is 0 Å². The number of fused-ring (bicyclic) bond motifs is 1. The van der Waals surface area contributed by atoms with Gasteiger partial charge in [0.1, 0.15) is 0 Å². The highest BCUT2D eigenvalue weighted by Gasteiger charge is 2.41. The molecular formula is C12H13NO4. The molecule has 0 bridgehead atoms. The predicted molar refractivity (Wildman–Crippen MR) is 60.6 cm³/mol. The van der Waals surface area contributed by atoms with Gasteiger partial charge in [-0.15, -0.1) is 0 Å². The largest absolute Gasteiger partial charge is 0.475 e. The minimum absolute atomic E-state index is 0.00294. The number of benzene rings is 1. The third kappa shape index (κ3) is 1.84. The van der Waals surface area contributed by atoms with Gasteiger partial charge >= 0.3 is 6.09 Å². The van der Waals surface area contributed by atoms with Crippen LogP contribution >= 0.6 is 0 Å². The van der Waals surface area contributed by atoms with Gasteiger partial charge in [0.2, 0.25) is 5.78 Å². The van der Waals surface area contributed by atoms with Crippen molar-refractivity contribution < 1.29 is 23.2 Å². The van der Waals surface area contributed by atoms with Gasteiger partial charge in [-0.05, 0) is 26.0 Å². The normalized spacial score (nSPS) is 19.4. The van der Waals surface area contributed by atoms with E-state index in [1.807, 2.05) is 0 Å². The number of Topliss-reactive ketones (excluding diaryl/α,β-unsaturated/α-hetero) is 1. The molecule has 1 heterocycles. The highest BCUT2D eigenvalue weighted by molar-refractivity contribution is 6.07. The molecule has 5 heteroatoms. The van der Waals surface area contributed by atoms with Crippen LogP contribution in [0.15, 0.2) is 18.2 Å². The van der Waals surface area contributed by atoms with Gasteiger partial charge in [0.25, 0.3) is 0 Å². The Balaban J connectivity index is 2.25. The summed E-state index contributed by atoms with van der Waals surface area (Å²) in [5, 5.41) is 1.69. The van der Waals surface area contributed by atoms with Crippen LogP contribution in [0.3, 0.4) is 0 Å². The van der Waals surface area contributed by atoms with Crippen molar-refractivity contribution in [3.8, 4) is 11.5 Å². The van der Waals surface area contributed by atoms with Gasteiger partial charge in [0.05, 0.1) is 5.56 Å². The molecule has 0 fully saturated rings. The van der Waals surface area contributed by atoms with E-state index in [0.29, 0.717) is 5.56 Å². The lowest BCUT2D eigenvalue weighted by Gasteiger charge is -2.16. The highest BCUT2D eigenvalue weighted by atomic mass is 16.6. The van der Waals surface area contributed by atoms with Crippen LogP contribution in [-0.2, 0) is 0 Å². The Kier molecular flexibility index (Phi) is 1.80. The summed E-state index contributed by atoms with van der Waals surface area (Å²) in [5.41, 5.74) is -0.739. The number of hydrogen-bond acceptors (Lipinski definition) is 4. The van der Waals surface area contributed by atoms with Gasteiger partial charge in [0, 0.05) is 11.1 Å². The number of para-hydroxylation sites is 1. The van der Waals surface area contributed by atoms with E-state index in [1.165, 1.54) is 12.1 Å². The number of rotatable bonds is 1. The molecule has 1 aromatic carbocycles. The molecular weight excluding hydrogens is 222 g/mol. The molecule has 0 unspecified atom stereocenters. The summed E-state index contributed by atoms with van der Waals surface area (Å²) in [6.07, 6.45) is -1.14. The molecule has 1 aromatic rings. The van der Waals surface area contributed by atoms with Gasteiger partial charge in [-0.25, -0.2) is 4.79 Å². The van der Waals surface area contributed by atoms with Crippen LogP contribution in [0, 0.1) is 0 Å². The number of nitrogens with one attached hydrogen (secondary N) is 1. The second-order valence-corrected chi connectivity index (χ2v) is 4.09. The molecule has 1 aliphatic rings. The average molecular weight is 238 g/mol. The summed E-state index contributed by atoms with van der Waals surface area (Å²) in [4.78, 5) is 23.5. The Morgan fingerprint density at radius 3 is 3.00 bits per heavy atom. The fourth-order valence-corrected chi connectivity index (χ4v) is 1.63. The number of hydrogen-bond donors (Lipinski definition) is 1. The van der Waals surface area contributed by atoms with Crippen LogP contribution in [0.4, 0.5) is 4.79 Å². The van der Waals surface area contributed by atoms with Crippen molar-refractivity contribution in [2.45, 2.75) is 19.4 Å². The molecule has 0 aliphatic carbocycles. The molecule has 0 aromatic heterocycles. The van der Waals surface area contributed by atoms with E-state index in [1.54, 1.807) is 25.2 Å². The molecule has 17 heavy (non-hydrogen) atoms. The Morgan fingerprint density at radius 1 is 1.53 bits per heavy atom. The summed E-state index contributed by atoms with van der Waals surface area (Å²) in [7, 11) is 0. The van der Waals surface area contributed by atoms with E-state index in [4.69, 9.17) is 13.6 Å². The smallest absolute Gasteiger partial charge is 0.412 e. The summed E-state index contributed by atoms with van der Waals surface area (Å²) in [6.45, 7) is 0.550. The monoisotopic (exact) mass is 238 g/mol. The van der Waals surface area contributed by atoms with Crippen molar-refractivity contribution in [3.05, 3.63) is 23.8 Å². The Bertz CT molecular complexity index is 581. The number of carbonyl (C=O) groups excluding carboxylic acids is 2. The van der Waals surface area contributed by atoms with Crippen molar-refractivity contribution in [3.63, 3.8) is 0 Å². The van der Waals surface area contributed by atoms with Crippen LogP contribution in [-0.4, -0.2) is 24.5 Å². The van der Waals surface area contributed by atoms with Gasteiger partial charge < -0.3 is 14.8 Å². The van der Waals surface area contributed by atoms with E-state index in [9.17, 15) is 9.59 Å². The second kappa shape index (κ2) is 3.76. The van der Waals surface area contributed by atoms with Crippen LogP contribution in [0.1, 0.15) is 28.3 Å². The van der Waals surface area contributed by atoms with E-state index in [2.05, 4.69) is 0 Å². The molecule has 5 nitrogen and oxygen atoms in total. The second-order valence-electron chi connectivity index (χ2n) is 4.09. The van der Waals surface area contributed by atoms with Crippen molar-refractivity contribution >= 4 is 11.9 Å². The van der Waals surface area contributed by atoms with E-state index in [0.717, 1.165) is 0 Å². The van der Waals surface area contributed by atoms with Crippen LogP contribution in [0.2, 0.25) is 0 Å². The summed E-state index contributed by atoms with van der Waals surface area (Å²) >= 11 is 0. The third-order valence-electron chi connectivity index (χ3n) is 2.43. The van der Waals surface area contributed by atoms with Crippen LogP contribution in [0.5, 0.6) is 11.5 Å². The molecule has 1 amide bonds. The van der Waals surface area contributed by atoms with Crippen molar-refractivity contribution in [2.75, 3.05) is 6.98 Å². The fraction of sp³-hybridized carbons (Fsp3) is 0.333. The average Bonchev–Trinajstić information content (AvgIpc) is 2.49. The lowest BCUT2D eigenvalue weighted by molar-refractivity contribution is 0.0679. The molecule has 90 valence electrons. The number of amides is 1. The van der Waals surface area contributed by atoms with Crippen molar-refractivity contribution in [1.29, 1.82) is 0 Å². The Hall–Kier alpha value is -2.04. The summed E-state index contributed by atoms with van der Waals surface area (Å²) < 4.78 is 31.1. The fourth-order valence-electron chi connectivity index (χ4n) is 1.63. The SMILES string of the molecule is [2H]C([2H])([2H])NC(=O)Oc1cccc2c1OC(C)(C)C2=O. The molecule has 0 atom stereocenters. The standard InChI is InChI=1S/C12H13NO4/c1-12(2)10(14)7-5-4-6-8(9(7)17-12)16-11(15)13-3/h4-6H,1-3H3,(H,13,15)/i3D3. The van der Waals surface area contributed by atoms with E-state index < -0.39 is 18.7 Å². The van der Waals surface area contributed by atoms with E-state index >= 15 is 0 Å². The molecule has 1 aliphatic heterocycles. The molecule has 0 saturated heterocycles. The van der Waals surface area contributed by atoms with Gasteiger partial charge in [-0.1, -0.05) is 6.07 Å². The summed E-state index contributed by atoms with van der Waals surface area (Å²) in [6, 6.07) is 4.51. The first-order valence-corrected chi connectivity index (χ1v) is 4.97. The first-order chi connectivity index (χ1) is 9.10. The first-order valence-electron chi connectivity index (χ1n) is 6.47. The summed E-state index contributed by atoms with van der Waals surface area (Å²) in [5.74, 6) is -0.0828. The Morgan fingerprint density at radius 2 is 2.29 bits per heavy atom. The molecule has 1 N–H and O–H groups in total. The zero-order chi connectivity index (χ0) is 15.1. The zero-order valence-electron chi connectivity index (χ0n) is 12.4. The molecule has 0 spiro atoms. The van der Waals surface area contributed by atoms with Gasteiger partial charge in [-0.3, -0.25) is 4.79 Å². The van der Waals surface area contributed by atoms with Crippen LogP contribution in [0.25, 0.3) is 0 Å². The maximum Gasteiger partial charge on any atom is 0.412 e.